The minimum absolute atomic E-state index is 0.0868. The molecule has 1 aliphatic carbocycles. The first-order chi connectivity index (χ1) is 14.1. The Morgan fingerprint density at radius 2 is 1.38 bits per heavy atom. The molecule has 1 heterocycles. The Morgan fingerprint density at radius 3 is 1.97 bits per heavy atom. The van der Waals surface area contributed by atoms with Crippen LogP contribution in [0.2, 0.25) is 0 Å². The Bertz CT molecular complexity index is 705. The molecular formula is C22H32N2O5. The average Bonchev–Trinajstić information content (AvgIpc) is 3.03. The van der Waals surface area contributed by atoms with Crippen LogP contribution in [-0.2, 0) is 4.79 Å². The molecule has 1 saturated heterocycles. The van der Waals surface area contributed by atoms with Gasteiger partial charge in [0.1, 0.15) is 0 Å². The van der Waals surface area contributed by atoms with Gasteiger partial charge in [0.15, 0.2) is 11.5 Å². The predicted octanol–water partition coefficient (Wildman–Crippen LogP) is 2.97. The fraction of sp³-hybridized carbons (Fsp3) is 0.636. The first-order valence-electron chi connectivity index (χ1n) is 10.5. The first kappa shape index (κ1) is 21.3. The van der Waals surface area contributed by atoms with Gasteiger partial charge in [0.05, 0.1) is 21.3 Å². The second-order valence-electron chi connectivity index (χ2n) is 7.72. The normalized spacial score (nSPS) is 18.2. The van der Waals surface area contributed by atoms with E-state index in [1.165, 1.54) is 27.8 Å². The minimum atomic E-state index is -0.0868. The summed E-state index contributed by atoms with van der Waals surface area (Å²) >= 11 is 0. The third kappa shape index (κ3) is 4.77. The molecule has 0 N–H and O–H groups in total. The lowest BCUT2D eigenvalue weighted by Gasteiger charge is -2.28. The summed E-state index contributed by atoms with van der Waals surface area (Å²) in [6.07, 6.45) is 6.33. The highest BCUT2D eigenvalue weighted by Gasteiger charge is 2.29. The van der Waals surface area contributed by atoms with Crippen molar-refractivity contribution in [1.82, 2.24) is 9.80 Å². The first-order valence-corrected chi connectivity index (χ1v) is 10.5. The molecule has 3 rings (SSSR count). The number of ether oxygens (including phenoxy) is 3. The van der Waals surface area contributed by atoms with Crippen molar-refractivity contribution >= 4 is 11.8 Å². The molecule has 0 atom stereocenters. The SMILES string of the molecule is COc1cc(C(=O)N2CCCN(C(=O)C3CCCCC3)CC2)cc(OC)c1OC. The van der Waals surface area contributed by atoms with Gasteiger partial charge in [-0.1, -0.05) is 19.3 Å². The maximum atomic E-state index is 13.1. The van der Waals surface area contributed by atoms with Crippen LogP contribution in [0.3, 0.4) is 0 Å². The van der Waals surface area contributed by atoms with Crippen LogP contribution in [0.5, 0.6) is 17.2 Å². The van der Waals surface area contributed by atoms with Crippen LogP contribution in [0.25, 0.3) is 0 Å². The maximum absolute atomic E-state index is 13.1. The van der Waals surface area contributed by atoms with Crippen LogP contribution < -0.4 is 14.2 Å². The molecule has 0 aromatic heterocycles. The number of hydrogen-bond acceptors (Lipinski definition) is 5. The van der Waals surface area contributed by atoms with Gasteiger partial charge in [-0.3, -0.25) is 9.59 Å². The van der Waals surface area contributed by atoms with Gasteiger partial charge in [-0.2, -0.15) is 0 Å². The van der Waals surface area contributed by atoms with Crippen molar-refractivity contribution in [3.05, 3.63) is 17.7 Å². The smallest absolute Gasteiger partial charge is 0.254 e. The molecule has 2 fully saturated rings. The van der Waals surface area contributed by atoms with Crippen LogP contribution in [0.15, 0.2) is 12.1 Å². The summed E-state index contributed by atoms with van der Waals surface area (Å²) in [5.74, 6) is 1.73. The van der Waals surface area contributed by atoms with Gasteiger partial charge in [0, 0.05) is 37.7 Å². The van der Waals surface area contributed by atoms with Crippen molar-refractivity contribution in [2.75, 3.05) is 47.5 Å². The number of methoxy groups -OCH3 is 3. The topological polar surface area (TPSA) is 68.3 Å². The molecule has 1 saturated carbocycles. The molecule has 0 unspecified atom stereocenters. The zero-order valence-corrected chi connectivity index (χ0v) is 17.7. The predicted molar refractivity (Wildman–Crippen MR) is 110 cm³/mol. The van der Waals surface area contributed by atoms with Gasteiger partial charge in [-0.25, -0.2) is 0 Å². The molecule has 0 radical (unpaired) electrons. The zero-order valence-electron chi connectivity index (χ0n) is 17.7. The standard InChI is InChI=1S/C22H32N2O5/c1-27-18-14-17(15-19(28-2)20(18)29-3)22(26)24-11-7-10-23(12-13-24)21(25)16-8-5-4-6-9-16/h14-16H,4-13H2,1-3H3. The van der Waals surface area contributed by atoms with Crippen LogP contribution in [0, 0.1) is 5.92 Å². The van der Waals surface area contributed by atoms with E-state index >= 15 is 0 Å². The van der Waals surface area contributed by atoms with Gasteiger partial charge in [0.2, 0.25) is 11.7 Å². The average molecular weight is 405 g/mol. The molecule has 0 spiro atoms. The van der Waals surface area contributed by atoms with E-state index in [-0.39, 0.29) is 17.7 Å². The summed E-state index contributed by atoms with van der Waals surface area (Å²) in [6, 6.07) is 3.36. The van der Waals surface area contributed by atoms with E-state index in [0.29, 0.717) is 49.0 Å². The number of benzene rings is 1. The molecule has 1 aromatic rings. The van der Waals surface area contributed by atoms with Gasteiger partial charge in [-0.15, -0.1) is 0 Å². The summed E-state index contributed by atoms with van der Waals surface area (Å²) in [5.41, 5.74) is 0.492. The quantitative estimate of drug-likeness (QED) is 0.755. The summed E-state index contributed by atoms with van der Waals surface area (Å²) < 4.78 is 16.1. The maximum Gasteiger partial charge on any atom is 0.254 e. The molecule has 0 bridgehead atoms. The van der Waals surface area contributed by atoms with Crippen LogP contribution in [0.1, 0.15) is 48.9 Å². The summed E-state index contributed by atoms with van der Waals surface area (Å²) in [4.78, 5) is 29.8. The summed E-state index contributed by atoms with van der Waals surface area (Å²) in [6.45, 7) is 2.47. The Balaban J connectivity index is 1.70. The Kier molecular flexibility index (Phi) is 7.23. The van der Waals surface area contributed by atoms with Crippen molar-refractivity contribution in [2.24, 2.45) is 5.92 Å². The Morgan fingerprint density at radius 1 is 0.793 bits per heavy atom. The highest BCUT2D eigenvalue weighted by molar-refractivity contribution is 5.95. The fourth-order valence-corrected chi connectivity index (χ4v) is 4.34. The van der Waals surface area contributed by atoms with Crippen molar-refractivity contribution in [3.8, 4) is 17.2 Å². The second kappa shape index (κ2) is 9.85. The number of rotatable bonds is 5. The minimum Gasteiger partial charge on any atom is -0.493 e. The Hall–Kier alpha value is -2.44. The van der Waals surface area contributed by atoms with Crippen LogP contribution in [-0.4, -0.2) is 69.1 Å². The lowest BCUT2D eigenvalue weighted by molar-refractivity contribution is -0.136. The summed E-state index contributed by atoms with van der Waals surface area (Å²) in [7, 11) is 4.60. The molecule has 2 amide bonds. The largest absolute Gasteiger partial charge is 0.493 e. The molecule has 7 nitrogen and oxygen atoms in total. The molecule has 160 valence electrons. The monoisotopic (exact) mass is 404 g/mol. The second-order valence-corrected chi connectivity index (χ2v) is 7.72. The highest BCUT2D eigenvalue weighted by Crippen LogP contribution is 2.38. The number of amides is 2. The zero-order chi connectivity index (χ0) is 20.8. The molecule has 2 aliphatic rings. The number of hydrogen-bond donors (Lipinski definition) is 0. The molecule has 1 aromatic carbocycles. The molecule has 7 heteroatoms. The van der Waals surface area contributed by atoms with Crippen molar-refractivity contribution in [2.45, 2.75) is 38.5 Å². The molecule has 1 aliphatic heterocycles. The third-order valence-corrected chi connectivity index (χ3v) is 5.96. The van der Waals surface area contributed by atoms with Crippen LogP contribution >= 0.6 is 0 Å². The van der Waals surface area contributed by atoms with E-state index < -0.39 is 0 Å². The van der Waals surface area contributed by atoms with E-state index in [2.05, 4.69) is 0 Å². The van der Waals surface area contributed by atoms with Gasteiger partial charge < -0.3 is 24.0 Å². The number of carbonyl (C=O) groups excluding carboxylic acids is 2. The van der Waals surface area contributed by atoms with Crippen LogP contribution in [0.4, 0.5) is 0 Å². The fourth-order valence-electron chi connectivity index (χ4n) is 4.34. The van der Waals surface area contributed by atoms with Crippen molar-refractivity contribution in [1.29, 1.82) is 0 Å². The Labute approximate surface area is 172 Å². The van der Waals surface area contributed by atoms with Gasteiger partial charge in [-0.05, 0) is 31.4 Å². The van der Waals surface area contributed by atoms with E-state index in [1.807, 2.05) is 9.80 Å². The third-order valence-electron chi connectivity index (χ3n) is 5.96. The lowest BCUT2D eigenvalue weighted by atomic mass is 9.88. The van der Waals surface area contributed by atoms with Gasteiger partial charge >= 0.3 is 0 Å². The molecule has 29 heavy (non-hydrogen) atoms. The highest BCUT2D eigenvalue weighted by atomic mass is 16.5. The van der Waals surface area contributed by atoms with E-state index in [1.54, 1.807) is 12.1 Å². The van der Waals surface area contributed by atoms with E-state index in [0.717, 1.165) is 32.1 Å². The van der Waals surface area contributed by atoms with Crippen molar-refractivity contribution in [3.63, 3.8) is 0 Å². The van der Waals surface area contributed by atoms with E-state index in [9.17, 15) is 9.59 Å². The molecular weight excluding hydrogens is 372 g/mol. The summed E-state index contributed by atoms with van der Waals surface area (Å²) in [5, 5.41) is 0. The number of nitrogens with zero attached hydrogens (tertiary/aromatic N) is 2. The lowest BCUT2D eigenvalue weighted by Crippen LogP contribution is -2.40. The van der Waals surface area contributed by atoms with E-state index in [4.69, 9.17) is 14.2 Å². The van der Waals surface area contributed by atoms with Gasteiger partial charge in [0.25, 0.3) is 5.91 Å². The number of carbonyl (C=O) groups is 2. The van der Waals surface area contributed by atoms with Crippen molar-refractivity contribution < 1.29 is 23.8 Å².